The molecule has 9 heteroatoms. The Labute approximate surface area is 138 Å². The number of urea groups is 1. The van der Waals surface area contributed by atoms with E-state index in [4.69, 9.17) is 15.2 Å². The maximum atomic E-state index is 11.3. The third-order valence-corrected chi connectivity index (χ3v) is 3.00. The molecule has 0 unspecified atom stereocenters. The molecule has 3 heterocycles. The minimum Gasteiger partial charge on any atom is -0.481 e. The summed E-state index contributed by atoms with van der Waals surface area (Å²) in [7, 11) is 3.08. The Kier molecular flexibility index (Phi) is 5.50. The second-order valence-electron chi connectivity index (χ2n) is 4.63. The van der Waals surface area contributed by atoms with Crippen LogP contribution in [0.2, 0.25) is 0 Å². The number of nitrogen functional groups attached to an aromatic ring is 1. The van der Waals surface area contributed by atoms with Gasteiger partial charge in [-0.2, -0.15) is 0 Å². The third-order valence-electron chi connectivity index (χ3n) is 3.00. The highest BCUT2D eigenvalue weighted by Gasteiger charge is 2.27. The molecule has 3 rings (SSSR count). The smallest absolute Gasteiger partial charge is 0.329 e. The van der Waals surface area contributed by atoms with Crippen LogP contribution in [0.15, 0.2) is 36.7 Å². The van der Waals surface area contributed by atoms with Gasteiger partial charge in [-0.3, -0.25) is 15.0 Å². The molecule has 0 spiro atoms. The minimum absolute atomic E-state index is 0.0346. The predicted molar refractivity (Wildman–Crippen MR) is 86.9 cm³/mol. The van der Waals surface area contributed by atoms with E-state index in [1.54, 1.807) is 37.6 Å². The second kappa shape index (κ2) is 7.77. The van der Waals surface area contributed by atoms with Gasteiger partial charge in [0.15, 0.2) is 0 Å². The van der Waals surface area contributed by atoms with Crippen molar-refractivity contribution < 1.29 is 19.1 Å². The fourth-order valence-corrected chi connectivity index (χ4v) is 1.82. The Morgan fingerprint density at radius 2 is 1.67 bits per heavy atom. The topological polar surface area (TPSA) is 120 Å². The Morgan fingerprint density at radius 3 is 2.08 bits per heavy atom. The fraction of sp³-hybridized carbons (Fsp3) is 0.200. The van der Waals surface area contributed by atoms with E-state index in [1.165, 1.54) is 18.2 Å². The van der Waals surface area contributed by atoms with E-state index in [9.17, 15) is 9.59 Å². The Hall–Kier alpha value is -3.36. The second-order valence-corrected chi connectivity index (χ2v) is 4.63. The van der Waals surface area contributed by atoms with Gasteiger partial charge in [0.1, 0.15) is 6.54 Å². The molecule has 1 aliphatic heterocycles. The zero-order valence-electron chi connectivity index (χ0n) is 13.2. The summed E-state index contributed by atoms with van der Waals surface area (Å²) < 4.78 is 9.69. The molecule has 9 nitrogen and oxygen atoms in total. The molecular formula is C15H17N5O4. The van der Waals surface area contributed by atoms with Crippen LogP contribution in [-0.4, -0.2) is 42.7 Å². The first-order valence-electron chi connectivity index (χ1n) is 6.90. The summed E-state index contributed by atoms with van der Waals surface area (Å²) in [6.07, 6.45) is 3.04. The standard InChI is InChI=1S/C9H9N3O3.C6H8N2O/c1-15-8-3-2-6(4-10-8)12-5-7(13)11-9(12)14;1-9-6-3-2-5(7)4-8-6/h2-4H,5H2,1H3,(H,11,13,14);2-4H,7H2,1H3. The molecule has 1 fully saturated rings. The average Bonchev–Trinajstić information content (AvgIpc) is 2.94. The number of hydrogen-bond acceptors (Lipinski definition) is 7. The van der Waals surface area contributed by atoms with Crippen molar-refractivity contribution in [1.29, 1.82) is 0 Å². The molecule has 2 aromatic rings. The maximum absolute atomic E-state index is 11.3. The van der Waals surface area contributed by atoms with Crippen LogP contribution >= 0.6 is 0 Å². The summed E-state index contributed by atoms with van der Waals surface area (Å²) in [5.41, 5.74) is 6.58. The molecule has 1 aliphatic rings. The molecule has 1 saturated heterocycles. The molecule has 0 aliphatic carbocycles. The quantitative estimate of drug-likeness (QED) is 0.799. The van der Waals surface area contributed by atoms with Crippen molar-refractivity contribution in [2.45, 2.75) is 0 Å². The average molecular weight is 331 g/mol. The fourth-order valence-electron chi connectivity index (χ4n) is 1.82. The van der Waals surface area contributed by atoms with Gasteiger partial charge in [-0.05, 0) is 12.1 Å². The maximum Gasteiger partial charge on any atom is 0.329 e. The molecule has 0 aromatic carbocycles. The zero-order chi connectivity index (χ0) is 17.5. The van der Waals surface area contributed by atoms with Crippen molar-refractivity contribution in [3.63, 3.8) is 0 Å². The van der Waals surface area contributed by atoms with Crippen LogP contribution in [0.4, 0.5) is 16.2 Å². The number of methoxy groups -OCH3 is 2. The number of pyridine rings is 2. The normalized spacial score (nSPS) is 13.0. The summed E-state index contributed by atoms with van der Waals surface area (Å²) in [4.78, 5) is 31.3. The summed E-state index contributed by atoms with van der Waals surface area (Å²) in [5.74, 6) is 0.740. The van der Waals surface area contributed by atoms with Gasteiger partial charge in [-0.15, -0.1) is 0 Å². The number of amides is 3. The molecule has 0 saturated carbocycles. The van der Waals surface area contributed by atoms with Gasteiger partial charge in [0.2, 0.25) is 17.7 Å². The van der Waals surface area contributed by atoms with Crippen LogP contribution < -0.4 is 25.4 Å². The third kappa shape index (κ3) is 4.32. The van der Waals surface area contributed by atoms with E-state index in [-0.39, 0.29) is 12.5 Å². The minimum atomic E-state index is -0.424. The molecule has 0 radical (unpaired) electrons. The number of carbonyl (C=O) groups is 2. The van der Waals surface area contributed by atoms with E-state index in [1.807, 2.05) is 0 Å². The highest BCUT2D eigenvalue weighted by molar-refractivity contribution is 6.12. The number of carbonyl (C=O) groups excluding carboxylic acids is 2. The van der Waals surface area contributed by atoms with Gasteiger partial charge < -0.3 is 15.2 Å². The van der Waals surface area contributed by atoms with Crippen LogP contribution in [0.1, 0.15) is 0 Å². The molecule has 0 atom stereocenters. The zero-order valence-corrected chi connectivity index (χ0v) is 13.2. The van der Waals surface area contributed by atoms with Gasteiger partial charge in [-0.1, -0.05) is 0 Å². The number of hydrogen-bond donors (Lipinski definition) is 2. The van der Waals surface area contributed by atoms with Gasteiger partial charge in [0.05, 0.1) is 38.0 Å². The largest absolute Gasteiger partial charge is 0.481 e. The molecule has 2 aromatic heterocycles. The van der Waals surface area contributed by atoms with Crippen molar-refractivity contribution in [2.75, 3.05) is 31.4 Å². The highest BCUT2D eigenvalue weighted by Crippen LogP contribution is 2.17. The van der Waals surface area contributed by atoms with Crippen molar-refractivity contribution in [3.8, 4) is 11.8 Å². The Balaban J connectivity index is 0.000000198. The van der Waals surface area contributed by atoms with Crippen LogP contribution in [0.3, 0.4) is 0 Å². The van der Waals surface area contributed by atoms with E-state index in [2.05, 4.69) is 15.3 Å². The van der Waals surface area contributed by atoms with E-state index in [0.717, 1.165) is 0 Å². The first-order chi connectivity index (χ1) is 11.5. The number of anilines is 2. The molecule has 24 heavy (non-hydrogen) atoms. The highest BCUT2D eigenvalue weighted by atomic mass is 16.5. The number of aromatic nitrogens is 2. The molecule has 3 amide bonds. The SMILES string of the molecule is COc1ccc(N)cn1.COc1ccc(N2CC(=O)NC2=O)cn1. The summed E-state index contributed by atoms with van der Waals surface area (Å²) in [5, 5.41) is 2.18. The lowest BCUT2D eigenvalue weighted by Gasteiger charge is -2.12. The van der Waals surface area contributed by atoms with E-state index in [0.29, 0.717) is 23.1 Å². The van der Waals surface area contributed by atoms with Crippen LogP contribution in [-0.2, 0) is 4.79 Å². The van der Waals surface area contributed by atoms with Gasteiger partial charge in [-0.25, -0.2) is 14.8 Å². The number of nitrogens with two attached hydrogens (primary N) is 1. The summed E-state index contributed by atoms with van der Waals surface area (Å²) in [6.45, 7) is 0.0346. The summed E-state index contributed by atoms with van der Waals surface area (Å²) >= 11 is 0. The number of nitrogens with one attached hydrogen (secondary N) is 1. The molecule has 0 bridgehead atoms. The molecule has 3 N–H and O–H groups in total. The Bertz CT molecular complexity index is 703. The van der Waals surface area contributed by atoms with Crippen LogP contribution in [0.25, 0.3) is 0 Å². The predicted octanol–water partition coefficient (Wildman–Crippen LogP) is 0.819. The van der Waals surface area contributed by atoms with E-state index < -0.39 is 6.03 Å². The number of rotatable bonds is 3. The van der Waals surface area contributed by atoms with Crippen molar-refractivity contribution >= 4 is 23.3 Å². The first kappa shape index (κ1) is 17.0. The monoisotopic (exact) mass is 331 g/mol. The van der Waals surface area contributed by atoms with Gasteiger partial charge >= 0.3 is 6.03 Å². The first-order valence-corrected chi connectivity index (χ1v) is 6.90. The number of ether oxygens (including phenoxy) is 2. The van der Waals surface area contributed by atoms with Crippen LogP contribution in [0, 0.1) is 0 Å². The lowest BCUT2D eigenvalue weighted by molar-refractivity contribution is -0.117. The number of nitrogens with zero attached hydrogens (tertiary/aromatic N) is 3. The van der Waals surface area contributed by atoms with Crippen molar-refractivity contribution in [3.05, 3.63) is 36.7 Å². The van der Waals surface area contributed by atoms with Crippen LogP contribution in [0.5, 0.6) is 11.8 Å². The molecule has 126 valence electrons. The summed E-state index contributed by atoms with van der Waals surface area (Å²) in [6, 6.07) is 6.34. The molecular weight excluding hydrogens is 314 g/mol. The lowest BCUT2D eigenvalue weighted by atomic mass is 10.4. The lowest BCUT2D eigenvalue weighted by Crippen LogP contribution is -2.27. The number of imide groups is 1. The Morgan fingerprint density at radius 1 is 1.04 bits per heavy atom. The van der Waals surface area contributed by atoms with Gasteiger partial charge in [0.25, 0.3) is 0 Å². The van der Waals surface area contributed by atoms with E-state index >= 15 is 0 Å². The van der Waals surface area contributed by atoms with Gasteiger partial charge in [0, 0.05) is 12.1 Å². The van der Waals surface area contributed by atoms with Crippen molar-refractivity contribution in [2.24, 2.45) is 0 Å². The van der Waals surface area contributed by atoms with Crippen molar-refractivity contribution in [1.82, 2.24) is 15.3 Å².